The van der Waals surface area contributed by atoms with Crippen molar-refractivity contribution in [2.24, 2.45) is 0 Å². The van der Waals surface area contributed by atoms with Crippen molar-refractivity contribution < 1.29 is 0 Å². The van der Waals surface area contributed by atoms with Crippen LogP contribution in [0.15, 0.2) is 84.9 Å². The van der Waals surface area contributed by atoms with Gasteiger partial charge in [0.15, 0.2) is 0 Å². The van der Waals surface area contributed by atoms with Gasteiger partial charge in [0.25, 0.3) is 0 Å². The Bertz CT molecular complexity index is 910. The Morgan fingerprint density at radius 2 is 0.931 bits per heavy atom. The molecule has 0 fully saturated rings. The molecule has 1 atom stereocenters. The van der Waals surface area contributed by atoms with Gasteiger partial charge in [-0.05, 0) is 11.1 Å². The van der Waals surface area contributed by atoms with Gasteiger partial charge in [-0.25, -0.2) is 0 Å². The molecule has 0 amide bonds. The minimum absolute atomic E-state index is 1.04. The lowest BCUT2D eigenvalue weighted by molar-refractivity contribution is 1.29. The van der Waals surface area contributed by atoms with E-state index in [1.807, 2.05) is 0 Å². The van der Waals surface area contributed by atoms with Crippen LogP contribution < -0.4 is 10.4 Å². The molecular weight excluding hydrogens is 397 g/mol. The van der Waals surface area contributed by atoms with E-state index in [1.165, 1.54) is 23.2 Å². The summed E-state index contributed by atoms with van der Waals surface area (Å²) in [6.07, 6.45) is 0. The lowest BCUT2D eigenvalue weighted by Gasteiger charge is -2.43. The van der Waals surface area contributed by atoms with Crippen molar-refractivity contribution >= 4 is 33.6 Å². The maximum atomic E-state index is 2.66. The summed E-state index contributed by atoms with van der Waals surface area (Å²) >= 11 is 0. The van der Waals surface area contributed by atoms with Crippen molar-refractivity contribution in [3.63, 3.8) is 0 Å². The second-order valence-electron chi connectivity index (χ2n) is 10.4. The molecule has 0 bridgehead atoms. The van der Waals surface area contributed by atoms with Crippen LogP contribution in [0.5, 0.6) is 0 Å². The zero-order valence-electron chi connectivity index (χ0n) is 19.0. The minimum atomic E-state index is -1.79. The highest BCUT2D eigenvalue weighted by molar-refractivity contribution is 7.50. The van der Waals surface area contributed by atoms with Crippen molar-refractivity contribution in [3.05, 3.63) is 84.9 Å². The molecule has 0 aliphatic rings. The van der Waals surface area contributed by atoms with Gasteiger partial charge in [-0.1, -0.05) is 147 Å². The molecular formula is C26H36Si3. The zero-order chi connectivity index (χ0) is 21.1. The van der Waals surface area contributed by atoms with Crippen LogP contribution in [-0.4, -0.2) is 23.3 Å². The molecule has 0 nitrogen and oxygen atoms in total. The molecule has 0 aliphatic carbocycles. The average Bonchev–Trinajstić information content (AvgIpc) is 2.72. The third kappa shape index (κ3) is 4.90. The fourth-order valence-electron chi connectivity index (χ4n) is 4.28. The fourth-order valence-corrected chi connectivity index (χ4v) is 22.2. The first-order chi connectivity index (χ1) is 13.6. The molecule has 0 radical (unpaired) electrons. The predicted octanol–water partition coefficient (Wildman–Crippen LogP) is 6.67. The molecule has 1 unspecified atom stereocenters. The van der Waals surface area contributed by atoms with Crippen LogP contribution in [0.25, 0.3) is 11.1 Å². The third-order valence-corrected chi connectivity index (χ3v) is 26.8. The Balaban J connectivity index is 2.04. The van der Waals surface area contributed by atoms with E-state index < -0.39 is 23.3 Å². The summed E-state index contributed by atoms with van der Waals surface area (Å²) in [7, 11) is -4.31. The first-order valence-electron chi connectivity index (χ1n) is 10.8. The Morgan fingerprint density at radius 3 is 1.45 bits per heavy atom. The molecule has 3 heteroatoms. The van der Waals surface area contributed by atoms with E-state index in [0.717, 1.165) is 0 Å². The summed E-state index contributed by atoms with van der Waals surface area (Å²) < 4.78 is 0. The second kappa shape index (κ2) is 8.58. The predicted molar refractivity (Wildman–Crippen MR) is 140 cm³/mol. The second-order valence-corrected chi connectivity index (χ2v) is 30.7. The summed E-state index contributed by atoms with van der Waals surface area (Å²) in [5.74, 6) is 0. The van der Waals surface area contributed by atoms with Crippen LogP contribution >= 0.6 is 0 Å². The minimum Gasteiger partial charge on any atom is -0.0707 e. The number of benzene rings is 3. The van der Waals surface area contributed by atoms with Crippen molar-refractivity contribution in [2.75, 3.05) is 0 Å². The molecule has 152 valence electrons. The third-order valence-electron chi connectivity index (χ3n) is 6.77. The molecule has 29 heavy (non-hydrogen) atoms. The Kier molecular flexibility index (Phi) is 6.51. The van der Waals surface area contributed by atoms with Crippen LogP contribution in [0.2, 0.25) is 51.4 Å². The summed E-state index contributed by atoms with van der Waals surface area (Å²) in [6, 6.07) is 34.7. The van der Waals surface area contributed by atoms with Crippen LogP contribution in [0.4, 0.5) is 0 Å². The van der Waals surface area contributed by atoms with Gasteiger partial charge in [0.2, 0.25) is 0 Å². The van der Waals surface area contributed by atoms with Crippen LogP contribution in [0.1, 0.15) is 0 Å². The molecule has 0 spiro atoms. The maximum absolute atomic E-state index is 2.66. The van der Waals surface area contributed by atoms with E-state index in [9.17, 15) is 0 Å². The number of hydrogen-bond acceptors (Lipinski definition) is 0. The summed E-state index contributed by atoms with van der Waals surface area (Å²) in [5.41, 5.74) is 2.62. The lowest BCUT2D eigenvalue weighted by Crippen LogP contribution is -2.72. The van der Waals surface area contributed by atoms with Gasteiger partial charge in [-0.3, -0.25) is 0 Å². The average molecular weight is 433 g/mol. The van der Waals surface area contributed by atoms with Crippen LogP contribution in [0.3, 0.4) is 0 Å². The number of hydrogen-bond donors (Lipinski definition) is 0. The molecule has 0 aromatic heterocycles. The maximum Gasteiger partial charge on any atom is 0.107 e. The number of rotatable bonds is 7. The SMILES string of the molecule is C[Si](C)(C)CC[Si](C)(C)[Si](C)(c1ccccc1)c1ccc(-c2ccccc2)cc1. The summed E-state index contributed by atoms with van der Waals surface area (Å²) in [4.78, 5) is 0. The molecule has 0 heterocycles. The van der Waals surface area contributed by atoms with Gasteiger partial charge in [0.05, 0.1) is 7.59 Å². The highest BCUT2D eigenvalue weighted by Gasteiger charge is 2.47. The van der Waals surface area contributed by atoms with Crippen LogP contribution in [-0.2, 0) is 0 Å². The summed E-state index contributed by atoms with van der Waals surface area (Å²) in [5, 5.41) is 3.22. The van der Waals surface area contributed by atoms with Crippen LogP contribution in [0, 0.1) is 0 Å². The molecule has 0 N–H and O–H groups in total. The van der Waals surface area contributed by atoms with E-state index in [1.54, 1.807) is 10.4 Å². The van der Waals surface area contributed by atoms with Crippen molar-refractivity contribution in [1.29, 1.82) is 0 Å². The first kappa shape index (κ1) is 22.0. The van der Waals surface area contributed by atoms with E-state index >= 15 is 0 Å². The van der Waals surface area contributed by atoms with Crippen molar-refractivity contribution in [1.82, 2.24) is 0 Å². The molecule has 0 aliphatic heterocycles. The van der Waals surface area contributed by atoms with Gasteiger partial charge in [-0.2, -0.15) is 0 Å². The fraction of sp³-hybridized carbons (Fsp3) is 0.308. The van der Waals surface area contributed by atoms with E-state index in [2.05, 4.69) is 124 Å². The van der Waals surface area contributed by atoms with Gasteiger partial charge in [0, 0.05) is 8.07 Å². The Morgan fingerprint density at radius 1 is 0.483 bits per heavy atom. The Hall–Kier alpha value is -1.69. The molecule has 3 aromatic carbocycles. The normalized spacial score (nSPS) is 14.4. The topological polar surface area (TPSA) is 0 Å². The highest BCUT2D eigenvalue weighted by atomic mass is 29.3. The van der Waals surface area contributed by atoms with E-state index in [0.29, 0.717) is 0 Å². The quantitative estimate of drug-likeness (QED) is 0.366. The van der Waals surface area contributed by atoms with Gasteiger partial charge in [0.1, 0.15) is 7.59 Å². The smallest absolute Gasteiger partial charge is 0.0707 e. The van der Waals surface area contributed by atoms with Gasteiger partial charge >= 0.3 is 0 Å². The summed E-state index contributed by atoms with van der Waals surface area (Å²) in [6.45, 7) is 15.5. The molecule has 0 saturated heterocycles. The largest absolute Gasteiger partial charge is 0.107 e. The van der Waals surface area contributed by atoms with Gasteiger partial charge < -0.3 is 0 Å². The van der Waals surface area contributed by atoms with Crippen molar-refractivity contribution in [2.45, 2.75) is 51.4 Å². The standard InChI is InChI=1S/C26H36Si3/c1-27(2,3)21-22-28(4,5)29(6,25-15-11-8-12-16-25)26-19-17-24(18-20-26)23-13-9-7-10-14-23/h7-20H,21-22H2,1-6H3. The lowest BCUT2D eigenvalue weighted by atomic mass is 10.1. The molecule has 3 aromatic rings. The monoisotopic (exact) mass is 432 g/mol. The Labute approximate surface area is 180 Å². The van der Waals surface area contributed by atoms with Crippen molar-refractivity contribution in [3.8, 4) is 11.1 Å². The van der Waals surface area contributed by atoms with E-state index in [4.69, 9.17) is 0 Å². The molecule has 3 rings (SSSR count). The first-order valence-corrected chi connectivity index (χ1v) is 21.3. The van der Waals surface area contributed by atoms with E-state index in [-0.39, 0.29) is 0 Å². The zero-order valence-corrected chi connectivity index (χ0v) is 22.0. The molecule has 0 saturated carbocycles. The van der Waals surface area contributed by atoms with Gasteiger partial charge in [-0.15, -0.1) is 0 Å². The highest BCUT2D eigenvalue weighted by Crippen LogP contribution is 2.29.